The Morgan fingerprint density at radius 2 is 2.05 bits per heavy atom. The zero-order chi connectivity index (χ0) is 13.5. The molecule has 1 atom stereocenters. The normalized spacial score (nSPS) is 20.6. The molecule has 1 unspecified atom stereocenters. The lowest BCUT2D eigenvalue weighted by atomic mass is 10.1. The topological polar surface area (TPSA) is 44.7 Å². The number of aliphatic hydroxyl groups is 1. The van der Waals surface area contributed by atoms with Gasteiger partial charge in [-0.05, 0) is 17.7 Å². The Kier molecular flexibility index (Phi) is 5.79. The molecule has 0 radical (unpaired) electrons. The summed E-state index contributed by atoms with van der Waals surface area (Å²) in [6.07, 6.45) is 0.297. The van der Waals surface area contributed by atoms with Gasteiger partial charge in [0.05, 0.1) is 19.3 Å². The quantitative estimate of drug-likeness (QED) is 0.804. The van der Waals surface area contributed by atoms with E-state index in [4.69, 9.17) is 9.84 Å². The van der Waals surface area contributed by atoms with Gasteiger partial charge in [0.15, 0.2) is 0 Å². The van der Waals surface area contributed by atoms with Crippen LogP contribution in [0.15, 0.2) is 24.3 Å². The summed E-state index contributed by atoms with van der Waals surface area (Å²) in [5.41, 5.74) is 2.19. The molecule has 1 saturated heterocycles. The minimum absolute atomic E-state index is 0.108. The molecule has 0 bridgehead atoms. The van der Waals surface area contributed by atoms with Gasteiger partial charge in [-0.25, -0.2) is 0 Å². The van der Waals surface area contributed by atoms with E-state index in [0.717, 1.165) is 44.9 Å². The first kappa shape index (κ1) is 14.5. The van der Waals surface area contributed by atoms with E-state index < -0.39 is 0 Å². The van der Waals surface area contributed by atoms with Crippen LogP contribution in [0.4, 0.5) is 0 Å². The molecule has 0 amide bonds. The van der Waals surface area contributed by atoms with Crippen LogP contribution in [0, 0.1) is 0 Å². The third-order valence-electron chi connectivity index (χ3n) is 3.58. The molecule has 106 valence electrons. The number of aliphatic hydroxyl groups excluding tert-OH is 1. The summed E-state index contributed by atoms with van der Waals surface area (Å²) < 4.78 is 5.75. The van der Waals surface area contributed by atoms with Crippen LogP contribution in [0.5, 0.6) is 0 Å². The van der Waals surface area contributed by atoms with E-state index in [1.807, 2.05) is 12.1 Å². The third kappa shape index (κ3) is 4.58. The number of hydrogen-bond donors (Lipinski definition) is 2. The number of benzene rings is 1. The maximum absolute atomic E-state index is 8.99. The molecule has 1 fully saturated rings. The second kappa shape index (κ2) is 7.60. The predicted molar refractivity (Wildman–Crippen MR) is 75.9 cm³/mol. The Hall–Kier alpha value is -0.940. The summed E-state index contributed by atoms with van der Waals surface area (Å²) in [5, 5.41) is 12.4. The van der Waals surface area contributed by atoms with E-state index in [1.165, 1.54) is 5.56 Å². The molecule has 0 aromatic heterocycles. The van der Waals surface area contributed by atoms with Gasteiger partial charge in [0.25, 0.3) is 0 Å². The largest absolute Gasteiger partial charge is 0.392 e. The zero-order valence-electron chi connectivity index (χ0n) is 11.6. The Morgan fingerprint density at radius 1 is 1.32 bits per heavy atom. The monoisotopic (exact) mass is 264 g/mol. The van der Waals surface area contributed by atoms with Crippen molar-refractivity contribution in [2.75, 3.05) is 32.8 Å². The van der Waals surface area contributed by atoms with Crippen LogP contribution in [0.2, 0.25) is 0 Å². The zero-order valence-corrected chi connectivity index (χ0v) is 11.6. The highest BCUT2D eigenvalue weighted by Crippen LogP contribution is 2.06. The fourth-order valence-electron chi connectivity index (χ4n) is 2.33. The lowest BCUT2D eigenvalue weighted by molar-refractivity contribution is -0.0253. The summed E-state index contributed by atoms with van der Waals surface area (Å²) in [6.45, 7) is 8.04. The summed E-state index contributed by atoms with van der Waals surface area (Å²) in [5.74, 6) is 0. The van der Waals surface area contributed by atoms with Gasteiger partial charge in [-0.15, -0.1) is 0 Å². The van der Waals surface area contributed by atoms with Crippen molar-refractivity contribution in [3.8, 4) is 0 Å². The van der Waals surface area contributed by atoms with E-state index in [0.29, 0.717) is 6.10 Å². The van der Waals surface area contributed by atoms with E-state index in [1.54, 1.807) is 0 Å². The van der Waals surface area contributed by atoms with Crippen LogP contribution in [0.3, 0.4) is 0 Å². The Labute approximate surface area is 115 Å². The highest BCUT2D eigenvalue weighted by Gasteiger charge is 2.18. The molecule has 4 nitrogen and oxygen atoms in total. The number of hydrogen-bond acceptors (Lipinski definition) is 4. The van der Waals surface area contributed by atoms with Crippen LogP contribution in [0.1, 0.15) is 18.1 Å². The highest BCUT2D eigenvalue weighted by molar-refractivity contribution is 5.21. The summed E-state index contributed by atoms with van der Waals surface area (Å²) in [6, 6.07) is 8.04. The van der Waals surface area contributed by atoms with E-state index in [2.05, 4.69) is 29.3 Å². The lowest BCUT2D eigenvalue weighted by Gasteiger charge is -2.32. The van der Waals surface area contributed by atoms with Crippen LogP contribution >= 0.6 is 0 Å². The maximum Gasteiger partial charge on any atom is 0.0826 e. The van der Waals surface area contributed by atoms with Crippen molar-refractivity contribution in [3.05, 3.63) is 35.4 Å². The molecule has 2 N–H and O–H groups in total. The first-order valence-electron chi connectivity index (χ1n) is 7.05. The van der Waals surface area contributed by atoms with Gasteiger partial charge in [0, 0.05) is 26.2 Å². The van der Waals surface area contributed by atoms with Crippen LogP contribution in [0.25, 0.3) is 0 Å². The second-order valence-electron chi connectivity index (χ2n) is 4.99. The molecule has 1 aromatic rings. The molecular weight excluding hydrogens is 240 g/mol. The van der Waals surface area contributed by atoms with E-state index in [-0.39, 0.29) is 6.61 Å². The van der Waals surface area contributed by atoms with Gasteiger partial charge >= 0.3 is 0 Å². The SMILES string of the molecule is CCN1CCOC(CNCc2ccc(CO)cc2)C1. The van der Waals surface area contributed by atoms with Gasteiger partial charge in [-0.2, -0.15) is 0 Å². The molecule has 0 spiro atoms. The number of ether oxygens (including phenoxy) is 1. The summed E-state index contributed by atoms with van der Waals surface area (Å²) >= 11 is 0. The highest BCUT2D eigenvalue weighted by atomic mass is 16.5. The fourth-order valence-corrected chi connectivity index (χ4v) is 2.33. The predicted octanol–water partition coefficient (Wildman–Crippen LogP) is 0.989. The Balaban J connectivity index is 1.70. The second-order valence-corrected chi connectivity index (χ2v) is 4.99. The molecule has 0 aliphatic carbocycles. The van der Waals surface area contributed by atoms with Crippen LogP contribution in [-0.4, -0.2) is 48.9 Å². The standard InChI is InChI=1S/C15H24N2O2/c1-2-17-7-8-19-15(11-17)10-16-9-13-3-5-14(12-18)6-4-13/h3-6,15-16,18H,2,7-12H2,1H3. The van der Waals surface area contributed by atoms with Gasteiger partial charge in [-0.1, -0.05) is 31.2 Å². The van der Waals surface area contributed by atoms with Gasteiger partial charge in [0.1, 0.15) is 0 Å². The van der Waals surface area contributed by atoms with Crippen molar-refractivity contribution in [2.24, 2.45) is 0 Å². The van der Waals surface area contributed by atoms with Crippen molar-refractivity contribution >= 4 is 0 Å². The van der Waals surface area contributed by atoms with Crippen molar-refractivity contribution in [3.63, 3.8) is 0 Å². The first-order chi connectivity index (χ1) is 9.31. The number of rotatable bonds is 6. The average molecular weight is 264 g/mol. The summed E-state index contributed by atoms with van der Waals surface area (Å²) in [4.78, 5) is 2.42. The van der Waals surface area contributed by atoms with Crippen molar-refractivity contribution < 1.29 is 9.84 Å². The van der Waals surface area contributed by atoms with Gasteiger partial charge in [0.2, 0.25) is 0 Å². The smallest absolute Gasteiger partial charge is 0.0826 e. The molecule has 0 saturated carbocycles. The molecule has 2 rings (SSSR count). The Bertz CT molecular complexity index is 367. The van der Waals surface area contributed by atoms with Crippen molar-refractivity contribution in [2.45, 2.75) is 26.2 Å². The van der Waals surface area contributed by atoms with Crippen LogP contribution < -0.4 is 5.32 Å². The number of nitrogens with one attached hydrogen (secondary N) is 1. The number of morpholine rings is 1. The molecule has 1 aliphatic rings. The van der Waals surface area contributed by atoms with E-state index in [9.17, 15) is 0 Å². The summed E-state index contributed by atoms with van der Waals surface area (Å²) in [7, 11) is 0. The molecule has 1 aromatic carbocycles. The molecule has 1 aliphatic heterocycles. The first-order valence-corrected chi connectivity index (χ1v) is 7.05. The van der Waals surface area contributed by atoms with Crippen LogP contribution in [-0.2, 0) is 17.9 Å². The van der Waals surface area contributed by atoms with Gasteiger partial charge < -0.3 is 15.2 Å². The van der Waals surface area contributed by atoms with Gasteiger partial charge in [-0.3, -0.25) is 4.90 Å². The minimum atomic E-state index is 0.108. The van der Waals surface area contributed by atoms with Crippen molar-refractivity contribution in [1.29, 1.82) is 0 Å². The van der Waals surface area contributed by atoms with E-state index >= 15 is 0 Å². The molecule has 19 heavy (non-hydrogen) atoms. The average Bonchev–Trinajstić information content (AvgIpc) is 2.48. The lowest BCUT2D eigenvalue weighted by Crippen LogP contribution is -2.46. The molecule has 1 heterocycles. The Morgan fingerprint density at radius 3 is 2.74 bits per heavy atom. The minimum Gasteiger partial charge on any atom is -0.392 e. The molecular formula is C15H24N2O2. The third-order valence-corrected chi connectivity index (χ3v) is 3.58. The maximum atomic E-state index is 8.99. The number of likely N-dealkylation sites (N-methyl/N-ethyl adjacent to an activating group) is 1. The molecule has 4 heteroatoms. The number of nitrogens with zero attached hydrogens (tertiary/aromatic N) is 1. The fraction of sp³-hybridized carbons (Fsp3) is 0.600. The van der Waals surface area contributed by atoms with Crippen molar-refractivity contribution in [1.82, 2.24) is 10.2 Å².